The first-order valence-electron chi connectivity index (χ1n) is 6.79. The maximum Gasteiger partial charge on any atom is 0.230 e. The zero-order valence-electron chi connectivity index (χ0n) is 11.2. The molecule has 2 rings (SSSR count). The second kappa shape index (κ2) is 6.01. The van der Waals surface area contributed by atoms with Crippen molar-refractivity contribution in [3.8, 4) is 0 Å². The fraction of sp³-hybridized carbons (Fsp3) is 0.533. The average Bonchev–Trinajstić information content (AvgIpc) is 2.41. The molecule has 0 unspecified atom stereocenters. The molecule has 2 atom stereocenters. The lowest BCUT2D eigenvalue weighted by Crippen LogP contribution is -2.52. The average molecular weight is 246 g/mol. The first kappa shape index (κ1) is 13.1. The fourth-order valence-corrected chi connectivity index (χ4v) is 2.59. The summed E-state index contributed by atoms with van der Waals surface area (Å²) in [7, 11) is 0. The highest BCUT2D eigenvalue weighted by atomic mass is 16.2. The van der Waals surface area contributed by atoms with Crippen LogP contribution in [0.3, 0.4) is 0 Å². The van der Waals surface area contributed by atoms with E-state index in [4.69, 9.17) is 0 Å². The normalized spacial score (nSPS) is 21.7. The lowest BCUT2D eigenvalue weighted by molar-refractivity contribution is -0.134. The molecule has 0 aromatic heterocycles. The van der Waals surface area contributed by atoms with Gasteiger partial charge in [-0.1, -0.05) is 37.3 Å². The van der Waals surface area contributed by atoms with Gasteiger partial charge >= 0.3 is 0 Å². The van der Waals surface area contributed by atoms with E-state index in [1.54, 1.807) is 0 Å². The predicted molar refractivity (Wildman–Crippen MR) is 73.5 cm³/mol. The van der Waals surface area contributed by atoms with Crippen LogP contribution in [0.2, 0.25) is 0 Å². The molecule has 3 heteroatoms. The number of carbonyl (C=O) groups is 1. The number of benzene rings is 1. The van der Waals surface area contributed by atoms with Crippen molar-refractivity contribution in [2.75, 3.05) is 19.6 Å². The van der Waals surface area contributed by atoms with E-state index in [2.05, 4.69) is 31.3 Å². The van der Waals surface area contributed by atoms with E-state index in [1.807, 2.05) is 23.1 Å². The molecule has 1 fully saturated rings. The summed E-state index contributed by atoms with van der Waals surface area (Å²) in [6.45, 7) is 6.76. The summed E-state index contributed by atoms with van der Waals surface area (Å²) in [5.41, 5.74) is 1.14. The molecule has 0 saturated carbocycles. The van der Waals surface area contributed by atoms with Gasteiger partial charge in [0.15, 0.2) is 0 Å². The molecule has 0 radical (unpaired) electrons. The Bertz CT molecular complexity index is 391. The Labute approximate surface area is 109 Å². The van der Waals surface area contributed by atoms with Crippen LogP contribution in [0.4, 0.5) is 0 Å². The van der Waals surface area contributed by atoms with Crippen LogP contribution in [0.15, 0.2) is 30.3 Å². The largest absolute Gasteiger partial charge is 0.339 e. The molecule has 1 aliphatic rings. The van der Waals surface area contributed by atoms with E-state index in [1.165, 1.54) is 0 Å². The van der Waals surface area contributed by atoms with Crippen molar-refractivity contribution in [3.05, 3.63) is 35.9 Å². The van der Waals surface area contributed by atoms with Crippen molar-refractivity contribution in [1.29, 1.82) is 0 Å². The first-order valence-corrected chi connectivity index (χ1v) is 6.79. The molecule has 0 aliphatic carbocycles. The summed E-state index contributed by atoms with van der Waals surface area (Å²) in [6.07, 6.45) is 0.862. The number of hydrogen-bond acceptors (Lipinski definition) is 2. The van der Waals surface area contributed by atoms with Crippen LogP contribution >= 0.6 is 0 Å². The Morgan fingerprint density at radius 1 is 1.44 bits per heavy atom. The molecule has 1 heterocycles. The van der Waals surface area contributed by atoms with Crippen molar-refractivity contribution in [3.63, 3.8) is 0 Å². The molecule has 1 aromatic rings. The topological polar surface area (TPSA) is 32.3 Å². The zero-order valence-corrected chi connectivity index (χ0v) is 11.2. The maximum absolute atomic E-state index is 12.6. The number of piperazine rings is 1. The molecule has 1 aliphatic heterocycles. The molecule has 98 valence electrons. The van der Waals surface area contributed by atoms with Crippen LogP contribution in [0.1, 0.15) is 31.7 Å². The van der Waals surface area contributed by atoms with Crippen LogP contribution in [-0.4, -0.2) is 36.5 Å². The number of rotatable bonds is 3. The molecule has 0 spiro atoms. The minimum absolute atomic E-state index is 0.0106. The van der Waals surface area contributed by atoms with E-state index in [9.17, 15) is 4.79 Å². The maximum atomic E-state index is 12.6. The minimum Gasteiger partial charge on any atom is -0.339 e. The van der Waals surface area contributed by atoms with Gasteiger partial charge in [0, 0.05) is 25.7 Å². The van der Waals surface area contributed by atoms with E-state index in [0.717, 1.165) is 31.6 Å². The highest BCUT2D eigenvalue weighted by Gasteiger charge is 2.27. The first-order chi connectivity index (χ1) is 8.72. The minimum atomic E-state index is 0.0106. The zero-order chi connectivity index (χ0) is 13.0. The second-order valence-electron chi connectivity index (χ2n) is 5.01. The molecular formula is C15H22N2O. The third kappa shape index (κ3) is 2.91. The van der Waals surface area contributed by atoms with E-state index >= 15 is 0 Å². The Hall–Kier alpha value is -1.35. The molecule has 1 N–H and O–H groups in total. The van der Waals surface area contributed by atoms with Gasteiger partial charge in [-0.05, 0) is 18.9 Å². The van der Waals surface area contributed by atoms with E-state index in [-0.39, 0.29) is 11.8 Å². The smallest absolute Gasteiger partial charge is 0.230 e. The van der Waals surface area contributed by atoms with Crippen LogP contribution in [0, 0.1) is 0 Å². The molecular weight excluding hydrogens is 224 g/mol. The Balaban J connectivity index is 2.10. The number of hydrogen-bond donors (Lipinski definition) is 1. The SMILES string of the molecule is CC[C@@H](C(=O)N1CCN[C@H](C)C1)c1ccccc1. The van der Waals surface area contributed by atoms with Crippen molar-refractivity contribution >= 4 is 5.91 Å². The summed E-state index contributed by atoms with van der Waals surface area (Å²) < 4.78 is 0. The van der Waals surface area contributed by atoms with E-state index < -0.39 is 0 Å². The van der Waals surface area contributed by atoms with Crippen LogP contribution < -0.4 is 5.32 Å². The molecule has 1 amide bonds. The van der Waals surface area contributed by atoms with Gasteiger partial charge in [0.2, 0.25) is 5.91 Å². The Morgan fingerprint density at radius 3 is 2.78 bits per heavy atom. The van der Waals surface area contributed by atoms with E-state index in [0.29, 0.717) is 6.04 Å². The summed E-state index contributed by atoms with van der Waals surface area (Å²) in [4.78, 5) is 14.6. The number of nitrogens with one attached hydrogen (secondary N) is 1. The standard InChI is InChI=1S/C15H22N2O/c1-3-14(13-7-5-4-6-8-13)15(18)17-10-9-16-12(2)11-17/h4-8,12,14,16H,3,9-11H2,1-2H3/t12-,14-/m1/s1. The molecule has 3 nitrogen and oxygen atoms in total. The van der Waals surface area contributed by atoms with Crippen molar-refractivity contribution in [2.24, 2.45) is 0 Å². The van der Waals surface area contributed by atoms with Crippen molar-refractivity contribution in [2.45, 2.75) is 32.2 Å². The Kier molecular flexibility index (Phi) is 4.37. The lowest BCUT2D eigenvalue weighted by atomic mass is 9.94. The molecule has 18 heavy (non-hydrogen) atoms. The highest BCUT2D eigenvalue weighted by molar-refractivity contribution is 5.83. The predicted octanol–water partition coefficient (Wildman–Crippen LogP) is 2.00. The second-order valence-corrected chi connectivity index (χ2v) is 5.01. The molecule has 0 bridgehead atoms. The van der Waals surface area contributed by atoms with Crippen molar-refractivity contribution in [1.82, 2.24) is 10.2 Å². The van der Waals surface area contributed by atoms with Crippen LogP contribution in [0.25, 0.3) is 0 Å². The molecule has 1 aromatic carbocycles. The van der Waals surface area contributed by atoms with Gasteiger partial charge in [-0.15, -0.1) is 0 Å². The highest BCUT2D eigenvalue weighted by Crippen LogP contribution is 2.22. The van der Waals surface area contributed by atoms with Gasteiger partial charge in [0.05, 0.1) is 5.92 Å². The lowest BCUT2D eigenvalue weighted by Gasteiger charge is -2.34. The summed E-state index contributed by atoms with van der Waals surface area (Å²) in [5.74, 6) is 0.286. The van der Waals surface area contributed by atoms with Gasteiger partial charge in [-0.25, -0.2) is 0 Å². The van der Waals surface area contributed by atoms with Crippen molar-refractivity contribution < 1.29 is 4.79 Å². The third-order valence-electron chi connectivity index (χ3n) is 3.59. The van der Waals surface area contributed by atoms with Gasteiger partial charge in [-0.3, -0.25) is 4.79 Å². The quantitative estimate of drug-likeness (QED) is 0.884. The van der Waals surface area contributed by atoms with Crippen LogP contribution in [-0.2, 0) is 4.79 Å². The number of carbonyl (C=O) groups excluding carboxylic acids is 1. The Morgan fingerprint density at radius 2 is 2.17 bits per heavy atom. The summed E-state index contributed by atoms with van der Waals surface area (Å²) >= 11 is 0. The molecule has 1 saturated heterocycles. The third-order valence-corrected chi connectivity index (χ3v) is 3.59. The monoisotopic (exact) mass is 246 g/mol. The van der Waals surface area contributed by atoms with Gasteiger partial charge in [0.25, 0.3) is 0 Å². The van der Waals surface area contributed by atoms with Gasteiger partial charge < -0.3 is 10.2 Å². The number of amides is 1. The summed E-state index contributed by atoms with van der Waals surface area (Å²) in [6, 6.07) is 10.5. The van der Waals surface area contributed by atoms with Crippen LogP contribution in [0.5, 0.6) is 0 Å². The summed E-state index contributed by atoms with van der Waals surface area (Å²) in [5, 5.41) is 3.37. The van der Waals surface area contributed by atoms with Gasteiger partial charge in [-0.2, -0.15) is 0 Å². The van der Waals surface area contributed by atoms with Gasteiger partial charge in [0.1, 0.15) is 0 Å². The fourth-order valence-electron chi connectivity index (χ4n) is 2.59. The number of nitrogens with zero attached hydrogens (tertiary/aromatic N) is 1.